The molecule has 2 rings (SSSR count). The van der Waals surface area contributed by atoms with Crippen LogP contribution in [0.15, 0.2) is 18.2 Å². The minimum Gasteiger partial charge on any atom is -0.496 e. The molecule has 1 amide bonds. The van der Waals surface area contributed by atoms with Crippen LogP contribution in [-0.2, 0) is 0 Å². The lowest BCUT2D eigenvalue weighted by molar-refractivity contribution is -0.384. The van der Waals surface area contributed by atoms with Crippen LogP contribution in [0.4, 0.5) is 5.69 Å². The van der Waals surface area contributed by atoms with Gasteiger partial charge in [-0.15, -0.1) is 12.4 Å². The first-order valence-corrected chi connectivity index (χ1v) is 6.90. The molecule has 1 aromatic carbocycles. The molecule has 1 saturated carbocycles. The molecule has 0 bridgehead atoms. The van der Waals surface area contributed by atoms with Gasteiger partial charge in [0.05, 0.1) is 17.6 Å². The molecule has 8 heteroatoms. The predicted octanol–water partition coefficient (Wildman–Crippen LogP) is 1.88. The van der Waals surface area contributed by atoms with Crippen molar-refractivity contribution in [3.05, 3.63) is 33.9 Å². The molecule has 0 radical (unpaired) electrons. The van der Waals surface area contributed by atoms with Crippen LogP contribution in [0.3, 0.4) is 0 Å². The number of ether oxygens (including phenoxy) is 1. The van der Waals surface area contributed by atoms with Crippen LogP contribution >= 0.6 is 12.4 Å². The van der Waals surface area contributed by atoms with Crippen LogP contribution in [-0.4, -0.2) is 30.5 Å². The smallest absolute Gasteiger partial charge is 0.270 e. The standard InChI is InChI=1S/C14H19N3O4.ClH/c1-21-13-6-5-10(17(19)20)7-11(13)14(18)16-12-4-2-3-9(12)8-15;/h5-7,9,12H,2-4,8,15H2,1H3,(H,16,18);1H. The Morgan fingerprint density at radius 1 is 1.50 bits per heavy atom. The summed E-state index contributed by atoms with van der Waals surface area (Å²) in [4.78, 5) is 22.7. The number of nitrogens with zero attached hydrogens (tertiary/aromatic N) is 1. The largest absolute Gasteiger partial charge is 0.496 e. The number of non-ortho nitro benzene ring substituents is 1. The van der Waals surface area contributed by atoms with Gasteiger partial charge in [0.2, 0.25) is 0 Å². The molecule has 2 unspecified atom stereocenters. The maximum atomic E-state index is 12.4. The van der Waals surface area contributed by atoms with E-state index in [-0.39, 0.29) is 41.5 Å². The molecular formula is C14H20ClN3O4. The molecule has 0 spiro atoms. The third-order valence-electron chi connectivity index (χ3n) is 3.92. The zero-order valence-electron chi connectivity index (χ0n) is 12.3. The van der Waals surface area contributed by atoms with Gasteiger partial charge >= 0.3 is 0 Å². The lowest BCUT2D eigenvalue weighted by Gasteiger charge is -2.20. The monoisotopic (exact) mass is 329 g/mol. The molecule has 22 heavy (non-hydrogen) atoms. The summed E-state index contributed by atoms with van der Waals surface area (Å²) >= 11 is 0. The Morgan fingerprint density at radius 3 is 2.82 bits per heavy atom. The Labute approximate surface area is 134 Å². The van der Waals surface area contributed by atoms with Gasteiger partial charge in [-0.25, -0.2) is 0 Å². The number of nitro benzene ring substituents is 1. The van der Waals surface area contributed by atoms with Crippen molar-refractivity contribution in [1.29, 1.82) is 0 Å². The topological polar surface area (TPSA) is 107 Å². The summed E-state index contributed by atoms with van der Waals surface area (Å²) in [6.45, 7) is 0.525. The second-order valence-corrected chi connectivity index (χ2v) is 5.15. The fourth-order valence-corrected chi connectivity index (χ4v) is 2.74. The number of benzene rings is 1. The summed E-state index contributed by atoms with van der Waals surface area (Å²) in [6, 6.07) is 4.00. The average molecular weight is 330 g/mol. The number of nitrogens with two attached hydrogens (primary N) is 1. The Morgan fingerprint density at radius 2 is 2.23 bits per heavy atom. The normalized spacial score (nSPS) is 20.1. The van der Waals surface area contributed by atoms with E-state index in [1.807, 2.05) is 0 Å². The van der Waals surface area contributed by atoms with E-state index in [2.05, 4.69) is 5.32 Å². The zero-order chi connectivity index (χ0) is 15.4. The first kappa shape index (κ1) is 18.2. The minimum absolute atomic E-state index is 0. The van der Waals surface area contributed by atoms with Crippen molar-refractivity contribution in [3.8, 4) is 5.75 Å². The lowest BCUT2D eigenvalue weighted by Crippen LogP contribution is -2.40. The van der Waals surface area contributed by atoms with E-state index < -0.39 is 4.92 Å². The summed E-state index contributed by atoms with van der Waals surface area (Å²) < 4.78 is 5.11. The molecule has 1 aliphatic carbocycles. The Kier molecular flexibility index (Phi) is 6.58. The minimum atomic E-state index is -0.533. The number of methoxy groups -OCH3 is 1. The molecule has 0 saturated heterocycles. The van der Waals surface area contributed by atoms with Gasteiger partial charge in [-0.1, -0.05) is 6.42 Å². The second kappa shape index (κ2) is 7.95. The predicted molar refractivity (Wildman–Crippen MR) is 84.5 cm³/mol. The highest BCUT2D eigenvalue weighted by Gasteiger charge is 2.28. The Hall–Kier alpha value is -1.86. The van der Waals surface area contributed by atoms with Crippen LogP contribution in [0.1, 0.15) is 29.6 Å². The number of carbonyl (C=O) groups excluding carboxylic acids is 1. The third-order valence-corrected chi connectivity index (χ3v) is 3.92. The quantitative estimate of drug-likeness (QED) is 0.633. The maximum absolute atomic E-state index is 12.4. The highest BCUT2D eigenvalue weighted by atomic mass is 35.5. The highest BCUT2D eigenvalue weighted by molar-refractivity contribution is 5.97. The fourth-order valence-electron chi connectivity index (χ4n) is 2.74. The van der Waals surface area contributed by atoms with Gasteiger partial charge in [-0.05, 0) is 31.4 Å². The number of nitro groups is 1. The van der Waals surface area contributed by atoms with E-state index in [1.54, 1.807) is 0 Å². The first-order chi connectivity index (χ1) is 10.1. The van der Waals surface area contributed by atoms with Crippen molar-refractivity contribution in [2.45, 2.75) is 25.3 Å². The van der Waals surface area contributed by atoms with E-state index in [0.29, 0.717) is 12.3 Å². The molecule has 2 atom stereocenters. The van der Waals surface area contributed by atoms with Gasteiger partial charge in [-0.3, -0.25) is 14.9 Å². The van der Waals surface area contributed by atoms with E-state index in [9.17, 15) is 14.9 Å². The van der Waals surface area contributed by atoms with E-state index in [1.165, 1.54) is 25.3 Å². The van der Waals surface area contributed by atoms with Gasteiger partial charge < -0.3 is 15.8 Å². The summed E-state index contributed by atoms with van der Waals surface area (Å²) in [5, 5.41) is 13.8. The lowest BCUT2D eigenvalue weighted by atomic mass is 10.0. The highest BCUT2D eigenvalue weighted by Crippen LogP contribution is 2.27. The number of nitrogens with one attached hydrogen (secondary N) is 1. The van der Waals surface area contributed by atoms with Crippen LogP contribution < -0.4 is 15.8 Å². The van der Waals surface area contributed by atoms with Crippen molar-refractivity contribution in [2.24, 2.45) is 11.7 Å². The van der Waals surface area contributed by atoms with Crippen molar-refractivity contribution >= 4 is 24.0 Å². The summed E-state index contributed by atoms with van der Waals surface area (Å²) in [5.41, 5.74) is 5.73. The number of amides is 1. The van der Waals surface area contributed by atoms with Crippen molar-refractivity contribution in [2.75, 3.05) is 13.7 Å². The Bertz CT molecular complexity index is 553. The van der Waals surface area contributed by atoms with Crippen LogP contribution in [0.5, 0.6) is 5.75 Å². The molecular weight excluding hydrogens is 310 g/mol. The first-order valence-electron chi connectivity index (χ1n) is 6.90. The molecule has 1 aromatic rings. The molecule has 1 fully saturated rings. The van der Waals surface area contributed by atoms with E-state index in [0.717, 1.165) is 19.3 Å². The summed E-state index contributed by atoms with van der Waals surface area (Å²) in [5.74, 6) is 0.222. The molecule has 0 heterocycles. The van der Waals surface area contributed by atoms with Gasteiger partial charge in [-0.2, -0.15) is 0 Å². The van der Waals surface area contributed by atoms with Crippen LogP contribution in [0.2, 0.25) is 0 Å². The van der Waals surface area contributed by atoms with Gasteiger partial charge in [0.1, 0.15) is 5.75 Å². The summed E-state index contributed by atoms with van der Waals surface area (Å²) in [6.07, 6.45) is 2.90. The van der Waals surface area contributed by atoms with Crippen LogP contribution in [0, 0.1) is 16.0 Å². The molecule has 0 aliphatic heterocycles. The number of rotatable bonds is 5. The molecule has 0 aromatic heterocycles. The fraction of sp³-hybridized carbons (Fsp3) is 0.500. The number of hydrogen-bond donors (Lipinski definition) is 2. The number of hydrogen-bond acceptors (Lipinski definition) is 5. The maximum Gasteiger partial charge on any atom is 0.270 e. The van der Waals surface area contributed by atoms with Crippen molar-refractivity contribution in [3.63, 3.8) is 0 Å². The van der Waals surface area contributed by atoms with Gasteiger partial charge in [0, 0.05) is 18.2 Å². The average Bonchev–Trinajstić information content (AvgIpc) is 2.93. The second-order valence-electron chi connectivity index (χ2n) is 5.15. The van der Waals surface area contributed by atoms with Crippen molar-refractivity contribution < 1.29 is 14.5 Å². The van der Waals surface area contributed by atoms with Gasteiger partial charge in [0.15, 0.2) is 0 Å². The van der Waals surface area contributed by atoms with Crippen molar-refractivity contribution in [1.82, 2.24) is 5.32 Å². The van der Waals surface area contributed by atoms with Crippen LogP contribution in [0.25, 0.3) is 0 Å². The molecule has 122 valence electrons. The van der Waals surface area contributed by atoms with E-state index >= 15 is 0 Å². The molecule has 3 N–H and O–H groups in total. The number of halogens is 1. The zero-order valence-corrected chi connectivity index (χ0v) is 13.1. The SMILES string of the molecule is COc1ccc([N+](=O)[O-])cc1C(=O)NC1CCCC1CN.Cl. The summed E-state index contributed by atoms with van der Waals surface area (Å²) in [7, 11) is 1.43. The molecule has 1 aliphatic rings. The number of carbonyl (C=O) groups is 1. The molecule has 7 nitrogen and oxygen atoms in total. The Balaban J connectivity index is 0.00000242. The third kappa shape index (κ3) is 3.86. The van der Waals surface area contributed by atoms with Gasteiger partial charge in [0.25, 0.3) is 11.6 Å². The van der Waals surface area contributed by atoms with E-state index in [4.69, 9.17) is 10.5 Å².